The fraction of sp³-hybridized carbons (Fsp3) is 0.312. The van der Waals surface area contributed by atoms with Gasteiger partial charge in [-0.25, -0.2) is 4.79 Å². The third kappa shape index (κ3) is 2.10. The number of nitrogens with one attached hydrogen (secondary N) is 2. The molecule has 0 radical (unpaired) electrons. The normalized spacial score (nSPS) is 21.3. The second-order valence-electron chi connectivity index (χ2n) is 6.07. The topological polar surface area (TPSA) is 105 Å². The van der Waals surface area contributed by atoms with E-state index in [9.17, 15) is 14.4 Å². The summed E-state index contributed by atoms with van der Waals surface area (Å²) in [5, 5.41) is 2.67. The number of carbonyl (C=O) groups is 2. The highest BCUT2D eigenvalue weighted by Crippen LogP contribution is 2.33. The lowest BCUT2D eigenvalue weighted by Gasteiger charge is -2.47. The zero-order valence-electron chi connectivity index (χ0n) is 12.9. The fourth-order valence-corrected chi connectivity index (χ4v) is 3.08. The van der Waals surface area contributed by atoms with Crippen LogP contribution >= 0.6 is 0 Å². The molecule has 124 valence electrons. The van der Waals surface area contributed by atoms with Crippen LogP contribution in [0.2, 0.25) is 0 Å². The number of hydrogen-bond donors (Lipinski definition) is 2. The van der Waals surface area contributed by atoms with Crippen LogP contribution in [0, 0.1) is 0 Å². The van der Waals surface area contributed by atoms with Gasteiger partial charge in [0.25, 0.3) is 11.5 Å². The van der Waals surface area contributed by atoms with Crippen LogP contribution in [0.3, 0.4) is 0 Å². The number of ether oxygens (including phenoxy) is 1. The molecule has 0 saturated carbocycles. The lowest BCUT2D eigenvalue weighted by molar-refractivity contribution is -0.0724. The van der Waals surface area contributed by atoms with E-state index in [1.54, 1.807) is 18.2 Å². The first-order valence-electron chi connectivity index (χ1n) is 7.54. The van der Waals surface area contributed by atoms with Gasteiger partial charge in [-0.1, -0.05) is 0 Å². The Labute approximate surface area is 136 Å². The summed E-state index contributed by atoms with van der Waals surface area (Å²) in [6.07, 6.45) is 1.03. The predicted octanol–water partition coefficient (Wildman–Crippen LogP) is 0.958. The number of hydrogen-bond acceptors (Lipinski definition) is 5. The number of likely N-dealkylation sites (tertiary alicyclic amines) is 1. The Morgan fingerprint density at radius 2 is 2.08 bits per heavy atom. The average Bonchev–Trinajstić information content (AvgIpc) is 3.12. The molecule has 8 nitrogen and oxygen atoms in total. The molecule has 2 amide bonds. The zero-order valence-corrected chi connectivity index (χ0v) is 12.9. The van der Waals surface area contributed by atoms with Crippen molar-refractivity contribution in [3.8, 4) is 11.5 Å². The zero-order chi connectivity index (χ0) is 16.9. The minimum absolute atomic E-state index is 0.0464. The van der Waals surface area contributed by atoms with E-state index >= 15 is 0 Å². The monoisotopic (exact) mass is 329 g/mol. The number of carbonyl (C=O) groups excluding carboxylic acids is 2. The number of furan rings is 1. The third-order valence-corrected chi connectivity index (χ3v) is 4.55. The maximum atomic E-state index is 12.5. The van der Waals surface area contributed by atoms with Crippen LogP contribution < -0.4 is 10.9 Å². The quantitative estimate of drug-likeness (QED) is 0.854. The van der Waals surface area contributed by atoms with Crippen molar-refractivity contribution in [1.82, 2.24) is 15.2 Å². The van der Waals surface area contributed by atoms with Crippen molar-refractivity contribution in [1.29, 1.82) is 0 Å². The van der Waals surface area contributed by atoms with Gasteiger partial charge < -0.3 is 24.4 Å². The van der Waals surface area contributed by atoms with E-state index in [4.69, 9.17) is 9.15 Å². The molecule has 0 aromatic carbocycles. The summed E-state index contributed by atoms with van der Waals surface area (Å²) in [5.74, 6) is 0.134. The van der Waals surface area contributed by atoms with Gasteiger partial charge in [0.15, 0.2) is 5.60 Å². The van der Waals surface area contributed by atoms with E-state index in [-0.39, 0.29) is 30.6 Å². The van der Waals surface area contributed by atoms with E-state index in [1.165, 1.54) is 17.2 Å². The second kappa shape index (κ2) is 4.98. The van der Waals surface area contributed by atoms with E-state index in [0.29, 0.717) is 11.5 Å². The molecule has 2 N–H and O–H groups in total. The Hall–Kier alpha value is -3.03. The minimum atomic E-state index is -0.687. The Morgan fingerprint density at radius 1 is 1.29 bits per heavy atom. The Morgan fingerprint density at radius 3 is 2.67 bits per heavy atom. The van der Waals surface area contributed by atoms with Crippen molar-refractivity contribution in [3.05, 3.63) is 46.4 Å². The standard InChI is InChI=1S/C16H15N3O5/c1-9-16(24-15(22)17-9)7-19(8-16)14(21)10-4-5-11(18-13(10)20)12-3-2-6-23-12/h2-6,9H,7-8H2,1H3,(H,17,22)(H,18,20). The molecule has 2 aliphatic heterocycles. The maximum Gasteiger partial charge on any atom is 0.408 e. The maximum absolute atomic E-state index is 12.5. The van der Waals surface area contributed by atoms with Gasteiger partial charge in [-0.2, -0.15) is 0 Å². The molecule has 0 bridgehead atoms. The van der Waals surface area contributed by atoms with Gasteiger partial charge in [0.05, 0.1) is 31.1 Å². The van der Waals surface area contributed by atoms with Crippen LogP contribution in [0.5, 0.6) is 0 Å². The molecular formula is C16H15N3O5. The Bertz CT molecular complexity index is 864. The number of H-pyrrole nitrogens is 1. The number of aromatic nitrogens is 1. The van der Waals surface area contributed by atoms with Crippen molar-refractivity contribution >= 4 is 12.0 Å². The van der Waals surface area contributed by atoms with Crippen LogP contribution in [0.15, 0.2) is 39.7 Å². The van der Waals surface area contributed by atoms with Gasteiger partial charge in [-0.3, -0.25) is 9.59 Å². The number of aromatic amines is 1. The highest BCUT2D eigenvalue weighted by Gasteiger charge is 2.56. The molecule has 4 rings (SSSR count). The summed E-state index contributed by atoms with van der Waals surface area (Å²) in [6, 6.07) is 6.36. The summed E-state index contributed by atoms with van der Waals surface area (Å²) in [4.78, 5) is 40.2. The first-order valence-corrected chi connectivity index (χ1v) is 7.54. The smallest absolute Gasteiger partial charge is 0.408 e. The van der Waals surface area contributed by atoms with E-state index in [0.717, 1.165) is 0 Å². The predicted molar refractivity (Wildman–Crippen MR) is 82.5 cm³/mol. The van der Waals surface area contributed by atoms with E-state index in [2.05, 4.69) is 10.3 Å². The van der Waals surface area contributed by atoms with Crippen molar-refractivity contribution in [2.24, 2.45) is 0 Å². The van der Waals surface area contributed by atoms with Gasteiger partial charge in [0.1, 0.15) is 11.3 Å². The number of nitrogens with zero attached hydrogens (tertiary/aromatic N) is 1. The van der Waals surface area contributed by atoms with Crippen molar-refractivity contribution in [2.75, 3.05) is 13.1 Å². The molecule has 2 aromatic rings. The summed E-state index contributed by atoms with van der Waals surface area (Å²) in [5.41, 5.74) is -0.619. The van der Waals surface area contributed by atoms with Gasteiger partial charge in [-0.05, 0) is 31.2 Å². The molecule has 1 unspecified atom stereocenters. The molecule has 24 heavy (non-hydrogen) atoms. The molecule has 2 saturated heterocycles. The van der Waals surface area contributed by atoms with Crippen LogP contribution in [0.25, 0.3) is 11.5 Å². The van der Waals surface area contributed by atoms with Crippen molar-refractivity contribution < 1.29 is 18.7 Å². The lowest BCUT2D eigenvalue weighted by Crippen LogP contribution is -2.68. The number of alkyl carbamates (subject to hydrolysis) is 1. The van der Waals surface area contributed by atoms with Crippen molar-refractivity contribution in [2.45, 2.75) is 18.6 Å². The molecule has 4 heterocycles. The molecule has 2 aliphatic rings. The van der Waals surface area contributed by atoms with Gasteiger partial charge in [-0.15, -0.1) is 0 Å². The third-order valence-electron chi connectivity index (χ3n) is 4.55. The lowest BCUT2D eigenvalue weighted by atomic mass is 9.87. The van der Waals surface area contributed by atoms with Crippen LogP contribution in [-0.2, 0) is 4.74 Å². The molecule has 1 spiro atoms. The van der Waals surface area contributed by atoms with Crippen LogP contribution in [0.4, 0.5) is 4.79 Å². The summed E-state index contributed by atoms with van der Waals surface area (Å²) < 4.78 is 10.5. The minimum Gasteiger partial charge on any atom is -0.463 e. The first-order chi connectivity index (χ1) is 11.5. The largest absolute Gasteiger partial charge is 0.463 e. The van der Waals surface area contributed by atoms with Gasteiger partial charge >= 0.3 is 6.09 Å². The summed E-state index contributed by atoms with van der Waals surface area (Å²) in [7, 11) is 0. The SMILES string of the molecule is CC1NC(=O)OC12CN(C(=O)c1ccc(-c3ccco3)[nH]c1=O)C2. The summed E-state index contributed by atoms with van der Waals surface area (Å²) in [6.45, 7) is 2.37. The Balaban J connectivity index is 1.52. The fourth-order valence-electron chi connectivity index (χ4n) is 3.08. The highest BCUT2D eigenvalue weighted by atomic mass is 16.6. The molecule has 1 atom stereocenters. The molecular weight excluding hydrogens is 314 g/mol. The molecule has 2 fully saturated rings. The second-order valence-corrected chi connectivity index (χ2v) is 6.07. The van der Waals surface area contributed by atoms with Gasteiger partial charge in [0.2, 0.25) is 0 Å². The Kier molecular flexibility index (Phi) is 3.02. The number of amides is 2. The number of pyridine rings is 1. The number of rotatable bonds is 2. The average molecular weight is 329 g/mol. The van der Waals surface area contributed by atoms with E-state index < -0.39 is 17.3 Å². The molecule has 8 heteroatoms. The molecule has 0 aliphatic carbocycles. The van der Waals surface area contributed by atoms with Crippen molar-refractivity contribution in [3.63, 3.8) is 0 Å². The van der Waals surface area contributed by atoms with Crippen LogP contribution in [0.1, 0.15) is 17.3 Å². The highest BCUT2D eigenvalue weighted by molar-refractivity contribution is 5.95. The molecule has 2 aromatic heterocycles. The van der Waals surface area contributed by atoms with Crippen LogP contribution in [-0.4, -0.2) is 46.6 Å². The summed E-state index contributed by atoms with van der Waals surface area (Å²) >= 11 is 0. The van der Waals surface area contributed by atoms with Gasteiger partial charge in [0, 0.05) is 0 Å². The first kappa shape index (κ1) is 14.6. The van der Waals surface area contributed by atoms with E-state index in [1.807, 2.05) is 6.92 Å².